The lowest BCUT2D eigenvalue weighted by Gasteiger charge is -2.19. The molecule has 0 aliphatic carbocycles. The molecule has 0 bridgehead atoms. The highest BCUT2D eigenvalue weighted by Crippen LogP contribution is 2.05. The Kier molecular flexibility index (Phi) is 13.2. The first-order valence-corrected chi connectivity index (χ1v) is 10.9. The maximum atomic E-state index is 12.2. The number of carbonyl (C=O) groups is 7. The highest BCUT2D eigenvalue weighted by atomic mass is 32.2. The van der Waals surface area contributed by atoms with Gasteiger partial charge in [0.15, 0.2) is 10.2 Å². The van der Waals surface area contributed by atoms with Crippen LogP contribution in [-0.2, 0) is 33.6 Å². The summed E-state index contributed by atoms with van der Waals surface area (Å²) < 4.78 is 0. The van der Waals surface area contributed by atoms with Crippen LogP contribution in [0.3, 0.4) is 0 Å². The van der Waals surface area contributed by atoms with Gasteiger partial charge in [-0.15, -0.1) is 0 Å². The number of carboxylic acids is 1. The summed E-state index contributed by atoms with van der Waals surface area (Å²) in [6, 6.07) is -3.47. The molecule has 0 aromatic rings. The quantitative estimate of drug-likeness (QED) is 0.215. The summed E-state index contributed by atoms with van der Waals surface area (Å²) in [6.07, 6.45) is 0. The summed E-state index contributed by atoms with van der Waals surface area (Å²) in [4.78, 5) is 80.7. The summed E-state index contributed by atoms with van der Waals surface area (Å²) in [6.45, 7) is 4.57. The predicted molar refractivity (Wildman–Crippen MR) is 114 cm³/mol. The van der Waals surface area contributed by atoms with Crippen LogP contribution in [0.2, 0.25) is 0 Å². The molecule has 0 aliphatic rings. The Morgan fingerprint density at radius 2 is 1.29 bits per heavy atom. The highest BCUT2D eigenvalue weighted by Gasteiger charge is 2.25. The minimum atomic E-state index is -1.33. The fourth-order valence-corrected chi connectivity index (χ4v) is 3.21. The van der Waals surface area contributed by atoms with E-state index in [1.165, 1.54) is 27.7 Å². The van der Waals surface area contributed by atoms with Crippen molar-refractivity contribution in [2.75, 3.05) is 18.1 Å². The van der Waals surface area contributed by atoms with E-state index in [-0.39, 0.29) is 21.7 Å². The monoisotopic (exact) mass is 478 g/mol. The number of rotatable bonds is 12. The molecule has 14 heteroatoms. The van der Waals surface area contributed by atoms with Crippen molar-refractivity contribution in [3.05, 3.63) is 0 Å². The van der Waals surface area contributed by atoms with Gasteiger partial charge in [0.05, 0.1) is 6.54 Å². The van der Waals surface area contributed by atoms with Crippen molar-refractivity contribution < 1.29 is 38.7 Å². The second kappa shape index (κ2) is 14.4. The fraction of sp³-hybridized carbons (Fsp3) is 0.588. The summed E-state index contributed by atoms with van der Waals surface area (Å²) in [5, 5.41) is 17.7. The van der Waals surface area contributed by atoms with Gasteiger partial charge in [0.25, 0.3) is 0 Å². The summed E-state index contributed by atoms with van der Waals surface area (Å²) >= 11 is 1.57. The first-order valence-electron chi connectivity index (χ1n) is 8.97. The summed E-state index contributed by atoms with van der Waals surface area (Å²) in [7, 11) is 0. The number of hydrogen-bond donors (Lipinski definition) is 5. The minimum absolute atomic E-state index is 0.0178. The van der Waals surface area contributed by atoms with Crippen molar-refractivity contribution in [2.45, 2.75) is 45.8 Å². The Morgan fingerprint density at radius 3 is 1.74 bits per heavy atom. The van der Waals surface area contributed by atoms with E-state index < -0.39 is 54.3 Å². The van der Waals surface area contributed by atoms with Gasteiger partial charge in [0.2, 0.25) is 23.6 Å². The van der Waals surface area contributed by atoms with Gasteiger partial charge in [-0.3, -0.25) is 28.8 Å². The molecule has 12 nitrogen and oxygen atoms in total. The highest BCUT2D eigenvalue weighted by molar-refractivity contribution is 8.13. The van der Waals surface area contributed by atoms with Crippen LogP contribution in [0.25, 0.3) is 0 Å². The average Bonchev–Trinajstić information content (AvgIpc) is 2.65. The molecule has 0 saturated heterocycles. The maximum Gasteiger partial charge on any atom is 0.327 e. The second-order valence-electron chi connectivity index (χ2n) is 6.26. The van der Waals surface area contributed by atoms with Gasteiger partial charge in [0.1, 0.15) is 18.1 Å². The van der Waals surface area contributed by atoms with E-state index in [0.717, 1.165) is 23.5 Å². The topological polar surface area (TPSA) is 188 Å². The smallest absolute Gasteiger partial charge is 0.327 e. The van der Waals surface area contributed by atoms with Crippen LogP contribution in [0.1, 0.15) is 27.7 Å². The van der Waals surface area contributed by atoms with Gasteiger partial charge in [-0.1, -0.05) is 23.5 Å². The van der Waals surface area contributed by atoms with Crippen LogP contribution < -0.4 is 21.3 Å². The normalized spacial score (nSPS) is 13.2. The number of thioether (sulfide) groups is 2. The molecule has 31 heavy (non-hydrogen) atoms. The van der Waals surface area contributed by atoms with Crippen LogP contribution >= 0.6 is 23.5 Å². The molecule has 0 aromatic heterocycles. The van der Waals surface area contributed by atoms with Gasteiger partial charge in [-0.2, -0.15) is 0 Å². The predicted octanol–water partition coefficient (Wildman–Crippen LogP) is -1.76. The Bertz CT molecular complexity index is 731. The fourth-order valence-electron chi connectivity index (χ4n) is 1.95. The summed E-state index contributed by atoms with van der Waals surface area (Å²) in [5.74, 6) is -4.22. The Labute approximate surface area is 187 Å². The van der Waals surface area contributed by atoms with Crippen LogP contribution in [0.15, 0.2) is 0 Å². The molecule has 5 N–H and O–H groups in total. The Balaban J connectivity index is 4.67. The van der Waals surface area contributed by atoms with Crippen molar-refractivity contribution in [3.63, 3.8) is 0 Å². The van der Waals surface area contributed by atoms with E-state index in [0.29, 0.717) is 0 Å². The van der Waals surface area contributed by atoms with Gasteiger partial charge in [0, 0.05) is 32.3 Å². The number of hydrogen-bond acceptors (Lipinski definition) is 9. The molecule has 0 unspecified atom stereocenters. The van der Waals surface area contributed by atoms with Gasteiger partial charge in [-0.05, 0) is 6.92 Å². The van der Waals surface area contributed by atoms with Gasteiger partial charge >= 0.3 is 5.97 Å². The van der Waals surface area contributed by atoms with Crippen LogP contribution in [0.4, 0.5) is 0 Å². The second-order valence-corrected chi connectivity index (χ2v) is 8.66. The van der Waals surface area contributed by atoms with Crippen LogP contribution in [0.5, 0.6) is 0 Å². The molecule has 0 radical (unpaired) electrons. The third kappa shape index (κ3) is 13.3. The third-order valence-electron chi connectivity index (χ3n) is 3.41. The zero-order valence-corrected chi connectivity index (χ0v) is 19.1. The molecule has 0 saturated carbocycles. The molecule has 174 valence electrons. The summed E-state index contributed by atoms with van der Waals surface area (Å²) in [5.41, 5.74) is 0. The molecule has 0 spiro atoms. The van der Waals surface area contributed by atoms with Gasteiger partial charge in [-0.25, -0.2) is 4.79 Å². The third-order valence-corrected chi connectivity index (χ3v) is 5.22. The van der Waals surface area contributed by atoms with E-state index in [2.05, 4.69) is 21.3 Å². The van der Waals surface area contributed by atoms with Crippen molar-refractivity contribution in [2.24, 2.45) is 0 Å². The standard InChI is InChI=1S/C17H26N4O8S2/c1-8(15(26)21-13(17(28)29)7-31-11(4)24)19-14(25)5-18-16(27)12(20-9(2)22)6-30-10(3)23/h8,12-13H,5-7H2,1-4H3,(H,18,27)(H,19,25)(H,20,22)(H,21,26)(H,28,29)/t8-,12+,13+/m1/s1. The first-order chi connectivity index (χ1) is 14.3. The van der Waals surface area contributed by atoms with E-state index >= 15 is 0 Å². The minimum Gasteiger partial charge on any atom is -0.480 e. The lowest BCUT2D eigenvalue weighted by Crippen LogP contribution is -2.54. The SMILES string of the molecule is CC(=O)N[C@@H](CSC(C)=O)C(=O)NCC(=O)N[C@H](C)C(=O)N[C@@H](CSC(C)=O)C(=O)O. The lowest BCUT2D eigenvalue weighted by molar-refractivity contribution is -0.141. The molecule has 3 atom stereocenters. The number of nitrogens with one attached hydrogen (secondary N) is 4. The molecular formula is C17H26N4O8S2. The molecular weight excluding hydrogens is 452 g/mol. The van der Waals surface area contributed by atoms with Crippen molar-refractivity contribution in [1.82, 2.24) is 21.3 Å². The number of amides is 4. The number of aliphatic carboxylic acids is 1. The van der Waals surface area contributed by atoms with Crippen molar-refractivity contribution >= 4 is 63.4 Å². The lowest BCUT2D eigenvalue weighted by atomic mass is 10.2. The average molecular weight is 479 g/mol. The largest absolute Gasteiger partial charge is 0.480 e. The number of carbonyl (C=O) groups excluding carboxylic acids is 6. The number of carboxylic acid groups (broad SMARTS) is 1. The molecule has 0 rings (SSSR count). The molecule has 4 amide bonds. The Hall–Kier alpha value is -2.61. The first kappa shape index (κ1) is 28.4. The van der Waals surface area contributed by atoms with Crippen LogP contribution in [-0.4, -0.2) is 81.1 Å². The molecule has 0 aromatic carbocycles. The van der Waals surface area contributed by atoms with Crippen LogP contribution in [0, 0.1) is 0 Å². The molecule has 0 aliphatic heterocycles. The van der Waals surface area contributed by atoms with E-state index in [1.807, 2.05) is 0 Å². The van der Waals surface area contributed by atoms with E-state index in [4.69, 9.17) is 5.11 Å². The molecule has 0 fully saturated rings. The molecule has 0 heterocycles. The van der Waals surface area contributed by atoms with Crippen molar-refractivity contribution in [3.8, 4) is 0 Å². The van der Waals surface area contributed by atoms with Gasteiger partial charge < -0.3 is 26.4 Å². The Morgan fingerprint density at radius 1 is 0.774 bits per heavy atom. The zero-order chi connectivity index (χ0) is 24.1. The van der Waals surface area contributed by atoms with E-state index in [1.54, 1.807) is 0 Å². The van der Waals surface area contributed by atoms with E-state index in [9.17, 15) is 33.6 Å². The zero-order valence-electron chi connectivity index (χ0n) is 17.5. The van der Waals surface area contributed by atoms with Crippen molar-refractivity contribution in [1.29, 1.82) is 0 Å². The maximum absolute atomic E-state index is 12.2.